The van der Waals surface area contributed by atoms with Crippen molar-refractivity contribution in [1.82, 2.24) is 0 Å². The Morgan fingerprint density at radius 3 is 2.50 bits per heavy atom. The Morgan fingerprint density at radius 2 is 1.93 bits per heavy atom. The van der Waals surface area contributed by atoms with Gasteiger partial charge in [0.2, 0.25) is 0 Å². The molecule has 0 saturated carbocycles. The first-order valence-electron chi connectivity index (χ1n) is 8.70. The second-order valence-corrected chi connectivity index (χ2v) is 7.65. The summed E-state index contributed by atoms with van der Waals surface area (Å²) in [7, 11) is 0. The van der Waals surface area contributed by atoms with Crippen LogP contribution in [0.15, 0.2) is 18.2 Å². The summed E-state index contributed by atoms with van der Waals surface area (Å²) in [5, 5.41) is 3.54. The van der Waals surface area contributed by atoms with Crippen LogP contribution < -0.4 is 10.1 Å². The SMILES string of the molecule is CCOC(=O)c1c(NC(=O)C(C)Oc2ccc(Cl)cc2C)sc(C(C)=O)c1C. The van der Waals surface area contributed by atoms with E-state index in [2.05, 4.69) is 5.32 Å². The number of carbonyl (C=O) groups excluding carboxylic acids is 3. The Bertz CT molecular complexity index is 922. The minimum atomic E-state index is -0.835. The molecule has 0 radical (unpaired) electrons. The number of rotatable bonds is 7. The summed E-state index contributed by atoms with van der Waals surface area (Å²) in [5.74, 6) is -0.684. The van der Waals surface area contributed by atoms with E-state index < -0.39 is 18.0 Å². The molecule has 1 N–H and O–H groups in total. The van der Waals surface area contributed by atoms with Gasteiger partial charge in [0.1, 0.15) is 10.8 Å². The van der Waals surface area contributed by atoms with Crippen LogP contribution in [0.2, 0.25) is 5.02 Å². The van der Waals surface area contributed by atoms with Crippen LogP contribution in [-0.4, -0.2) is 30.4 Å². The molecule has 2 aromatic rings. The zero-order valence-electron chi connectivity index (χ0n) is 16.3. The van der Waals surface area contributed by atoms with Crippen molar-refractivity contribution < 1.29 is 23.9 Å². The number of hydrogen-bond acceptors (Lipinski definition) is 6. The predicted molar refractivity (Wildman–Crippen MR) is 110 cm³/mol. The minimum Gasteiger partial charge on any atom is -0.481 e. The zero-order valence-corrected chi connectivity index (χ0v) is 17.9. The van der Waals surface area contributed by atoms with Crippen molar-refractivity contribution in [1.29, 1.82) is 0 Å². The van der Waals surface area contributed by atoms with Gasteiger partial charge in [0, 0.05) is 5.02 Å². The number of anilines is 1. The first-order valence-corrected chi connectivity index (χ1v) is 9.90. The molecule has 0 aliphatic rings. The molecule has 0 aliphatic carbocycles. The molecule has 1 aromatic heterocycles. The number of Topliss-reactive ketones (excluding diaryl/α,β-unsaturated/α-hetero) is 1. The van der Waals surface area contributed by atoms with Gasteiger partial charge in [0.15, 0.2) is 11.9 Å². The number of ketones is 1. The third-order valence-electron chi connectivity index (χ3n) is 3.99. The van der Waals surface area contributed by atoms with Crippen LogP contribution in [0.4, 0.5) is 5.00 Å². The van der Waals surface area contributed by atoms with Crippen molar-refractivity contribution in [3.63, 3.8) is 0 Å². The van der Waals surface area contributed by atoms with E-state index in [-0.39, 0.29) is 23.0 Å². The number of nitrogens with one attached hydrogen (secondary N) is 1. The molecular weight excluding hydrogens is 402 g/mol. The van der Waals surface area contributed by atoms with E-state index in [9.17, 15) is 14.4 Å². The predicted octanol–water partition coefficient (Wildman–Crippen LogP) is 4.80. The maximum atomic E-state index is 12.6. The fourth-order valence-corrected chi connectivity index (χ4v) is 3.91. The summed E-state index contributed by atoms with van der Waals surface area (Å²) in [5.41, 5.74) is 1.49. The summed E-state index contributed by atoms with van der Waals surface area (Å²) in [6, 6.07) is 5.10. The highest BCUT2D eigenvalue weighted by Gasteiger charge is 2.27. The average molecular weight is 424 g/mol. The van der Waals surface area contributed by atoms with E-state index in [4.69, 9.17) is 21.1 Å². The van der Waals surface area contributed by atoms with Crippen LogP contribution in [0, 0.1) is 13.8 Å². The van der Waals surface area contributed by atoms with E-state index in [1.165, 1.54) is 6.92 Å². The Balaban J connectivity index is 2.25. The van der Waals surface area contributed by atoms with Crippen LogP contribution in [0.1, 0.15) is 51.9 Å². The lowest BCUT2D eigenvalue weighted by Gasteiger charge is -2.16. The Hall–Kier alpha value is -2.38. The quantitative estimate of drug-likeness (QED) is 0.510. The highest BCUT2D eigenvalue weighted by atomic mass is 35.5. The van der Waals surface area contributed by atoms with Crippen molar-refractivity contribution >= 4 is 45.6 Å². The van der Waals surface area contributed by atoms with Crippen molar-refractivity contribution in [3.8, 4) is 5.75 Å². The van der Waals surface area contributed by atoms with Gasteiger partial charge in [-0.3, -0.25) is 9.59 Å². The molecule has 0 saturated heterocycles. The number of halogens is 1. The number of carbonyl (C=O) groups is 3. The average Bonchev–Trinajstić information content (AvgIpc) is 2.93. The van der Waals surface area contributed by atoms with E-state index in [0.29, 0.717) is 21.2 Å². The van der Waals surface area contributed by atoms with Gasteiger partial charge in [-0.1, -0.05) is 11.6 Å². The van der Waals surface area contributed by atoms with Gasteiger partial charge >= 0.3 is 5.97 Å². The lowest BCUT2D eigenvalue weighted by molar-refractivity contribution is -0.122. The molecule has 1 aromatic carbocycles. The van der Waals surface area contributed by atoms with E-state index >= 15 is 0 Å². The first-order chi connectivity index (χ1) is 13.1. The van der Waals surface area contributed by atoms with Crippen molar-refractivity contribution in [3.05, 3.63) is 44.8 Å². The van der Waals surface area contributed by atoms with Crippen molar-refractivity contribution in [2.75, 3.05) is 11.9 Å². The fraction of sp³-hybridized carbons (Fsp3) is 0.350. The smallest absolute Gasteiger partial charge is 0.341 e. The number of benzene rings is 1. The van der Waals surface area contributed by atoms with E-state index in [1.54, 1.807) is 39.0 Å². The number of amides is 1. The molecule has 1 atom stereocenters. The van der Waals surface area contributed by atoms with Gasteiger partial charge in [0.05, 0.1) is 17.0 Å². The molecule has 0 spiro atoms. The molecule has 150 valence electrons. The molecule has 0 fully saturated rings. The molecule has 6 nitrogen and oxygen atoms in total. The number of esters is 1. The molecule has 1 heterocycles. The maximum Gasteiger partial charge on any atom is 0.341 e. The minimum absolute atomic E-state index is 0.186. The Kier molecular flexibility index (Phi) is 7.21. The fourth-order valence-electron chi connectivity index (χ4n) is 2.59. The lowest BCUT2D eigenvalue weighted by Crippen LogP contribution is -2.30. The highest BCUT2D eigenvalue weighted by Crippen LogP contribution is 2.34. The van der Waals surface area contributed by atoms with E-state index in [1.807, 2.05) is 6.92 Å². The van der Waals surface area contributed by atoms with Gasteiger partial charge < -0.3 is 14.8 Å². The van der Waals surface area contributed by atoms with Gasteiger partial charge in [-0.05, 0) is 63.9 Å². The largest absolute Gasteiger partial charge is 0.481 e. The molecular formula is C20H22ClNO5S. The molecule has 0 bridgehead atoms. The molecule has 28 heavy (non-hydrogen) atoms. The number of hydrogen-bond donors (Lipinski definition) is 1. The highest BCUT2D eigenvalue weighted by molar-refractivity contribution is 7.18. The monoisotopic (exact) mass is 423 g/mol. The van der Waals surface area contributed by atoms with Crippen LogP contribution in [-0.2, 0) is 9.53 Å². The van der Waals surface area contributed by atoms with Gasteiger partial charge in [0.25, 0.3) is 5.91 Å². The maximum absolute atomic E-state index is 12.6. The summed E-state index contributed by atoms with van der Waals surface area (Å²) in [6.07, 6.45) is -0.835. The first kappa shape index (κ1) is 21.9. The Morgan fingerprint density at radius 1 is 1.25 bits per heavy atom. The van der Waals surface area contributed by atoms with E-state index in [0.717, 1.165) is 16.9 Å². The lowest BCUT2D eigenvalue weighted by atomic mass is 10.1. The Labute approximate surface area is 172 Å². The standard InChI is InChI=1S/C20H22ClNO5S/c1-6-26-20(25)16-11(3)17(12(4)23)28-19(16)22-18(24)13(5)27-15-8-7-14(21)9-10(15)2/h7-9,13H,6H2,1-5H3,(H,22,24). The normalized spacial score (nSPS) is 11.6. The van der Waals surface area contributed by atoms with Gasteiger partial charge in [-0.25, -0.2) is 4.79 Å². The van der Waals surface area contributed by atoms with Crippen LogP contribution in [0.25, 0.3) is 0 Å². The zero-order chi connectivity index (χ0) is 21.0. The summed E-state index contributed by atoms with van der Waals surface area (Å²) in [6.45, 7) is 8.37. The molecule has 1 unspecified atom stereocenters. The van der Waals surface area contributed by atoms with Gasteiger partial charge in [-0.15, -0.1) is 11.3 Å². The van der Waals surface area contributed by atoms with Crippen LogP contribution in [0.3, 0.4) is 0 Å². The second kappa shape index (κ2) is 9.21. The molecule has 2 rings (SSSR count). The summed E-state index contributed by atoms with van der Waals surface area (Å²) in [4.78, 5) is 37.2. The number of thiophene rings is 1. The number of aryl methyl sites for hydroxylation is 1. The van der Waals surface area contributed by atoms with Crippen LogP contribution in [0.5, 0.6) is 5.75 Å². The van der Waals surface area contributed by atoms with Crippen molar-refractivity contribution in [2.45, 2.75) is 40.7 Å². The third kappa shape index (κ3) is 4.91. The topological polar surface area (TPSA) is 81.7 Å². The summed E-state index contributed by atoms with van der Waals surface area (Å²) < 4.78 is 10.8. The molecule has 8 heteroatoms. The third-order valence-corrected chi connectivity index (χ3v) is 5.54. The van der Waals surface area contributed by atoms with Gasteiger partial charge in [-0.2, -0.15) is 0 Å². The summed E-state index contributed by atoms with van der Waals surface area (Å²) >= 11 is 6.98. The number of ether oxygens (including phenoxy) is 2. The second-order valence-electron chi connectivity index (χ2n) is 6.20. The van der Waals surface area contributed by atoms with Crippen molar-refractivity contribution in [2.24, 2.45) is 0 Å². The molecule has 1 amide bonds. The molecule has 0 aliphatic heterocycles. The van der Waals surface area contributed by atoms with Crippen LogP contribution >= 0.6 is 22.9 Å².